The summed E-state index contributed by atoms with van der Waals surface area (Å²) in [5.74, 6) is 0.954. The molecule has 1 aromatic heterocycles. The van der Waals surface area contributed by atoms with Crippen molar-refractivity contribution in [3.05, 3.63) is 95.3 Å². The molecule has 2 amide bonds. The molecular formula is C30H32N4O3. The number of ether oxygens (including phenoxy) is 1. The van der Waals surface area contributed by atoms with Crippen molar-refractivity contribution in [1.29, 1.82) is 0 Å². The molecule has 0 fully saturated rings. The van der Waals surface area contributed by atoms with E-state index in [0.717, 1.165) is 40.2 Å². The minimum absolute atomic E-state index is 0.100. The first-order valence-electron chi connectivity index (χ1n) is 12.6. The van der Waals surface area contributed by atoms with Gasteiger partial charge >= 0.3 is 0 Å². The summed E-state index contributed by atoms with van der Waals surface area (Å²) in [7, 11) is 3.38. The summed E-state index contributed by atoms with van der Waals surface area (Å²) in [4.78, 5) is 37.4. The molecule has 0 spiro atoms. The van der Waals surface area contributed by atoms with Crippen LogP contribution >= 0.6 is 0 Å². The van der Waals surface area contributed by atoms with Crippen LogP contribution in [-0.4, -0.2) is 40.8 Å². The molecule has 3 atom stereocenters. The third kappa shape index (κ3) is 4.69. The van der Waals surface area contributed by atoms with E-state index in [1.54, 1.807) is 25.1 Å². The Morgan fingerprint density at radius 1 is 1.05 bits per heavy atom. The van der Waals surface area contributed by atoms with E-state index in [1.165, 1.54) is 0 Å². The maximum atomic E-state index is 14.2. The quantitative estimate of drug-likeness (QED) is 0.359. The molecule has 37 heavy (non-hydrogen) atoms. The van der Waals surface area contributed by atoms with Crippen molar-refractivity contribution < 1.29 is 14.3 Å². The van der Waals surface area contributed by atoms with Gasteiger partial charge in [0.15, 0.2) is 0 Å². The molecule has 0 saturated carbocycles. The lowest BCUT2D eigenvalue weighted by Gasteiger charge is -2.40. The van der Waals surface area contributed by atoms with Crippen LogP contribution in [0.3, 0.4) is 0 Å². The standard InChI is InChI=1S/C30H32N4O3/c1-18(2)17-25(28-31-23-11-7-8-12-24(23)32-28)33-29(35)26-21-9-5-6-10-22(21)30(36)34(3)27(26)19-13-15-20(37-4)16-14-19/h5-16,18,25-27H,17H2,1-4H3,(H,31,32)(H,33,35)/t25-,26-,27-/m1/s1. The molecule has 0 unspecified atom stereocenters. The number of nitrogens with zero attached hydrogens (tertiary/aromatic N) is 2. The minimum Gasteiger partial charge on any atom is -0.497 e. The lowest BCUT2D eigenvalue weighted by molar-refractivity contribution is -0.125. The molecular weight excluding hydrogens is 464 g/mol. The van der Waals surface area contributed by atoms with Crippen molar-refractivity contribution >= 4 is 22.8 Å². The van der Waals surface area contributed by atoms with Crippen LogP contribution in [0.4, 0.5) is 0 Å². The van der Waals surface area contributed by atoms with Gasteiger partial charge < -0.3 is 19.9 Å². The van der Waals surface area contributed by atoms with E-state index in [0.29, 0.717) is 11.5 Å². The van der Waals surface area contributed by atoms with Gasteiger partial charge in [0.05, 0.1) is 36.1 Å². The van der Waals surface area contributed by atoms with Crippen molar-refractivity contribution in [3.8, 4) is 5.75 Å². The Bertz CT molecular complexity index is 1390. The third-order valence-electron chi connectivity index (χ3n) is 7.08. The summed E-state index contributed by atoms with van der Waals surface area (Å²) >= 11 is 0. The van der Waals surface area contributed by atoms with Crippen LogP contribution in [0.15, 0.2) is 72.8 Å². The second kappa shape index (κ2) is 10.1. The minimum atomic E-state index is -0.591. The first-order chi connectivity index (χ1) is 17.9. The molecule has 1 aliphatic heterocycles. The first-order valence-corrected chi connectivity index (χ1v) is 12.6. The third-order valence-corrected chi connectivity index (χ3v) is 7.08. The molecule has 0 aliphatic carbocycles. The number of para-hydroxylation sites is 2. The number of amides is 2. The fourth-order valence-corrected chi connectivity index (χ4v) is 5.28. The number of imidazole rings is 1. The first kappa shape index (κ1) is 24.6. The number of carbonyl (C=O) groups excluding carboxylic acids is 2. The number of benzene rings is 3. The van der Waals surface area contributed by atoms with Gasteiger partial charge in [-0.15, -0.1) is 0 Å². The van der Waals surface area contributed by atoms with Crippen LogP contribution < -0.4 is 10.1 Å². The van der Waals surface area contributed by atoms with Crippen molar-refractivity contribution in [2.24, 2.45) is 5.92 Å². The zero-order valence-corrected chi connectivity index (χ0v) is 21.6. The number of rotatable bonds is 7. The van der Waals surface area contributed by atoms with Crippen molar-refractivity contribution in [3.63, 3.8) is 0 Å². The van der Waals surface area contributed by atoms with Crippen LogP contribution in [-0.2, 0) is 4.79 Å². The van der Waals surface area contributed by atoms with Crippen LogP contribution in [0.25, 0.3) is 11.0 Å². The summed E-state index contributed by atoms with van der Waals surface area (Å²) in [6.07, 6.45) is 0.724. The zero-order chi connectivity index (χ0) is 26.1. The number of H-pyrrole nitrogens is 1. The Balaban J connectivity index is 1.55. The van der Waals surface area contributed by atoms with E-state index in [-0.39, 0.29) is 17.9 Å². The average molecular weight is 497 g/mol. The second-order valence-electron chi connectivity index (χ2n) is 10.0. The smallest absolute Gasteiger partial charge is 0.254 e. The molecule has 4 aromatic rings. The predicted octanol–water partition coefficient (Wildman–Crippen LogP) is 5.39. The van der Waals surface area contributed by atoms with Crippen molar-refractivity contribution in [2.45, 2.75) is 38.3 Å². The Kier molecular flexibility index (Phi) is 6.70. The highest BCUT2D eigenvalue weighted by molar-refractivity contribution is 6.01. The van der Waals surface area contributed by atoms with Crippen LogP contribution in [0.2, 0.25) is 0 Å². The van der Waals surface area contributed by atoms with Gasteiger partial charge in [-0.1, -0.05) is 56.3 Å². The number of hydrogen-bond acceptors (Lipinski definition) is 4. The summed E-state index contributed by atoms with van der Waals surface area (Å²) in [5, 5.41) is 3.30. The number of methoxy groups -OCH3 is 1. The molecule has 7 nitrogen and oxygen atoms in total. The highest BCUT2D eigenvalue weighted by Crippen LogP contribution is 2.42. The van der Waals surface area contributed by atoms with Crippen molar-refractivity contribution in [1.82, 2.24) is 20.2 Å². The van der Waals surface area contributed by atoms with E-state index >= 15 is 0 Å². The molecule has 3 aromatic carbocycles. The summed E-state index contributed by atoms with van der Waals surface area (Å²) in [5.41, 5.74) is 3.96. The number of nitrogens with one attached hydrogen (secondary N) is 2. The van der Waals surface area contributed by atoms with E-state index in [2.05, 4.69) is 24.1 Å². The van der Waals surface area contributed by atoms with Crippen LogP contribution in [0.1, 0.15) is 65.6 Å². The summed E-state index contributed by atoms with van der Waals surface area (Å²) < 4.78 is 5.33. The molecule has 0 radical (unpaired) electrons. The Morgan fingerprint density at radius 3 is 2.46 bits per heavy atom. The van der Waals surface area contributed by atoms with Gasteiger partial charge in [-0.2, -0.15) is 0 Å². The highest BCUT2D eigenvalue weighted by atomic mass is 16.5. The normalized spacial score (nSPS) is 18.1. The molecule has 190 valence electrons. The fraction of sp³-hybridized carbons (Fsp3) is 0.300. The molecule has 7 heteroatoms. The topological polar surface area (TPSA) is 87.3 Å². The van der Waals surface area contributed by atoms with E-state index < -0.39 is 12.0 Å². The Hall–Kier alpha value is -4.13. The number of hydrogen-bond donors (Lipinski definition) is 2. The van der Waals surface area contributed by atoms with Gasteiger partial charge in [0.25, 0.3) is 5.91 Å². The predicted molar refractivity (Wildman–Crippen MR) is 143 cm³/mol. The molecule has 2 heterocycles. The zero-order valence-electron chi connectivity index (χ0n) is 21.6. The maximum Gasteiger partial charge on any atom is 0.254 e. The Labute approximate surface area is 216 Å². The summed E-state index contributed by atoms with van der Waals surface area (Å²) in [6, 6.07) is 22.1. The van der Waals surface area contributed by atoms with Gasteiger partial charge in [0, 0.05) is 12.6 Å². The molecule has 2 N–H and O–H groups in total. The van der Waals surface area contributed by atoms with Gasteiger partial charge in [-0.05, 0) is 53.8 Å². The second-order valence-corrected chi connectivity index (χ2v) is 10.0. The molecule has 0 saturated heterocycles. The fourth-order valence-electron chi connectivity index (χ4n) is 5.28. The number of carbonyl (C=O) groups is 2. The number of aromatic amines is 1. The van der Waals surface area contributed by atoms with Gasteiger partial charge in [0.2, 0.25) is 5.91 Å². The number of likely N-dealkylation sites (N-methyl/N-ethyl adjacent to an activating group) is 1. The number of aromatic nitrogens is 2. The van der Waals surface area contributed by atoms with Gasteiger partial charge in [-0.3, -0.25) is 9.59 Å². The Morgan fingerprint density at radius 2 is 1.76 bits per heavy atom. The lowest BCUT2D eigenvalue weighted by atomic mass is 9.79. The van der Waals surface area contributed by atoms with Crippen LogP contribution in [0, 0.1) is 5.92 Å². The average Bonchev–Trinajstić information content (AvgIpc) is 3.34. The number of fused-ring (bicyclic) bond motifs is 2. The molecule has 5 rings (SSSR count). The van der Waals surface area contributed by atoms with Gasteiger partial charge in [-0.25, -0.2) is 4.98 Å². The van der Waals surface area contributed by atoms with Gasteiger partial charge in [0.1, 0.15) is 11.6 Å². The molecule has 1 aliphatic rings. The lowest BCUT2D eigenvalue weighted by Crippen LogP contribution is -2.46. The summed E-state index contributed by atoms with van der Waals surface area (Å²) in [6.45, 7) is 4.26. The highest BCUT2D eigenvalue weighted by Gasteiger charge is 2.43. The van der Waals surface area contributed by atoms with Crippen LogP contribution in [0.5, 0.6) is 5.75 Å². The van der Waals surface area contributed by atoms with E-state index in [9.17, 15) is 9.59 Å². The maximum absolute atomic E-state index is 14.2. The largest absolute Gasteiger partial charge is 0.497 e. The van der Waals surface area contributed by atoms with E-state index in [4.69, 9.17) is 9.72 Å². The SMILES string of the molecule is COc1ccc([C@@H]2[C@H](C(=O)N[C@H](CC(C)C)c3nc4ccccc4[nH]3)c3ccccc3C(=O)N2C)cc1. The monoisotopic (exact) mass is 496 g/mol. The van der Waals surface area contributed by atoms with E-state index in [1.807, 2.05) is 66.7 Å². The van der Waals surface area contributed by atoms with Crippen molar-refractivity contribution in [2.75, 3.05) is 14.2 Å². The molecule has 0 bridgehead atoms.